The lowest BCUT2D eigenvalue weighted by atomic mass is 10.2. The SMILES string of the molecule is I.NC(=NCc1ccc(F)cn1)N1CCN(c2ccc(Cl)cc2)CC1. The molecule has 3 rings (SSSR count). The summed E-state index contributed by atoms with van der Waals surface area (Å²) in [4.78, 5) is 12.7. The fraction of sp³-hybridized carbons (Fsp3) is 0.294. The standard InChI is InChI=1S/C17H19ClFN5.HI/c18-13-1-5-16(6-2-13)23-7-9-24(10-8-23)17(20)22-12-15-4-3-14(19)11-21-15;/h1-6,11H,7-10,12H2,(H2,20,22);1H. The summed E-state index contributed by atoms with van der Waals surface area (Å²) < 4.78 is 12.8. The highest BCUT2D eigenvalue weighted by atomic mass is 127. The van der Waals surface area contributed by atoms with Crippen LogP contribution in [0.25, 0.3) is 0 Å². The average Bonchev–Trinajstić information content (AvgIpc) is 2.62. The number of nitrogens with zero attached hydrogens (tertiary/aromatic N) is 4. The van der Waals surface area contributed by atoms with Crippen LogP contribution in [0.2, 0.25) is 5.02 Å². The third kappa shape index (κ3) is 5.43. The smallest absolute Gasteiger partial charge is 0.191 e. The van der Waals surface area contributed by atoms with Crippen LogP contribution in [-0.4, -0.2) is 42.0 Å². The summed E-state index contributed by atoms with van der Waals surface area (Å²) in [5.74, 6) is 0.144. The maximum atomic E-state index is 12.8. The van der Waals surface area contributed by atoms with Crippen LogP contribution in [0.15, 0.2) is 47.6 Å². The number of guanidine groups is 1. The number of nitrogens with two attached hydrogens (primary N) is 1. The Morgan fingerprint density at radius 2 is 1.80 bits per heavy atom. The molecule has 1 aromatic carbocycles. The highest BCUT2D eigenvalue weighted by Gasteiger charge is 2.18. The average molecular weight is 476 g/mol. The highest BCUT2D eigenvalue weighted by molar-refractivity contribution is 14.0. The van der Waals surface area contributed by atoms with Gasteiger partial charge in [-0.15, -0.1) is 24.0 Å². The van der Waals surface area contributed by atoms with Crippen molar-refractivity contribution in [1.82, 2.24) is 9.88 Å². The molecule has 0 aliphatic carbocycles. The zero-order valence-corrected chi connectivity index (χ0v) is 16.7. The van der Waals surface area contributed by atoms with Crippen LogP contribution in [0.4, 0.5) is 10.1 Å². The number of hydrogen-bond donors (Lipinski definition) is 1. The molecule has 5 nitrogen and oxygen atoms in total. The van der Waals surface area contributed by atoms with Gasteiger partial charge < -0.3 is 15.5 Å². The van der Waals surface area contributed by atoms with E-state index in [1.165, 1.54) is 12.3 Å². The van der Waals surface area contributed by atoms with Crippen molar-refractivity contribution in [1.29, 1.82) is 0 Å². The number of pyridine rings is 1. The minimum absolute atomic E-state index is 0. The van der Waals surface area contributed by atoms with Gasteiger partial charge in [0.2, 0.25) is 0 Å². The maximum Gasteiger partial charge on any atom is 0.191 e. The van der Waals surface area contributed by atoms with Gasteiger partial charge in [0.15, 0.2) is 5.96 Å². The molecule has 0 unspecified atom stereocenters. The Bertz CT molecular complexity index is 700. The second-order valence-corrected chi connectivity index (χ2v) is 6.03. The molecule has 1 fully saturated rings. The molecule has 134 valence electrons. The first kappa shape index (κ1) is 19.7. The van der Waals surface area contributed by atoms with Gasteiger partial charge in [-0.05, 0) is 36.4 Å². The lowest BCUT2D eigenvalue weighted by Crippen LogP contribution is -2.51. The summed E-state index contributed by atoms with van der Waals surface area (Å²) in [6.45, 7) is 3.69. The van der Waals surface area contributed by atoms with Crippen molar-refractivity contribution in [2.75, 3.05) is 31.1 Å². The predicted molar refractivity (Wildman–Crippen MR) is 110 cm³/mol. The van der Waals surface area contributed by atoms with E-state index in [1.54, 1.807) is 6.07 Å². The van der Waals surface area contributed by atoms with Crippen LogP contribution in [0, 0.1) is 5.82 Å². The largest absolute Gasteiger partial charge is 0.370 e. The number of hydrogen-bond acceptors (Lipinski definition) is 3. The van der Waals surface area contributed by atoms with Gasteiger partial charge in [0, 0.05) is 36.9 Å². The lowest BCUT2D eigenvalue weighted by Gasteiger charge is -2.36. The summed E-state index contributed by atoms with van der Waals surface area (Å²) >= 11 is 5.92. The van der Waals surface area contributed by atoms with Crippen molar-refractivity contribution in [3.8, 4) is 0 Å². The van der Waals surface area contributed by atoms with Gasteiger partial charge in [0.05, 0.1) is 18.4 Å². The molecule has 2 aromatic rings. The van der Waals surface area contributed by atoms with Crippen LogP contribution in [-0.2, 0) is 6.54 Å². The van der Waals surface area contributed by atoms with E-state index in [0.717, 1.165) is 36.9 Å². The summed E-state index contributed by atoms with van der Waals surface area (Å²) in [6, 6.07) is 10.8. The zero-order chi connectivity index (χ0) is 16.9. The van der Waals surface area contributed by atoms with Crippen molar-refractivity contribution < 1.29 is 4.39 Å². The molecule has 2 heterocycles. The van der Waals surface area contributed by atoms with E-state index < -0.39 is 0 Å². The Morgan fingerprint density at radius 1 is 1.12 bits per heavy atom. The molecule has 8 heteroatoms. The second kappa shape index (κ2) is 9.19. The number of halogens is 3. The van der Waals surface area contributed by atoms with Crippen LogP contribution in [0.3, 0.4) is 0 Å². The third-order valence-electron chi connectivity index (χ3n) is 3.99. The van der Waals surface area contributed by atoms with Crippen LogP contribution < -0.4 is 10.6 Å². The number of aromatic nitrogens is 1. The fourth-order valence-electron chi connectivity index (χ4n) is 2.61. The molecule has 1 aliphatic rings. The fourth-order valence-corrected chi connectivity index (χ4v) is 2.73. The summed E-state index contributed by atoms with van der Waals surface area (Å²) in [6.07, 6.45) is 1.19. The highest BCUT2D eigenvalue weighted by Crippen LogP contribution is 2.19. The van der Waals surface area contributed by atoms with E-state index >= 15 is 0 Å². The Hall–Kier alpha value is -1.61. The molecular formula is C17H20ClFIN5. The topological polar surface area (TPSA) is 57.8 Å². The minimum atomic E-state index is -0.353. The van der Waals surface area contributed by atoms with E-state index in [-0.39, 0.29) is 29.8 Å². The van der Waals surface area contributed by atoms with Crippen molar-refractivity contribution >= 4 is 47.2 Å². The summed E-state index contributed by atoms with van der Waals surface area (Å²) in [5.41, 5.74) is 7.92. The monoisotopic (exact) mass is 475 g/mol. The minimum Gasteiger partial charge on any atom is -0.370 e. The van der Waals surface area contributed by atoms with E-state index in [9.17, 15) is 4.39 Å². The molecule has 1 aliphatic heterocycles. The first-order chi connectivity index (χ1) is 11.6. The van der Waals surface area contributed by atoms with Gasteiger partial charge >= 0.3 is 0 Å². The van der Waals surface area contributed by atoms with Crippen molar-refractivity contribution in [2.45, 2.75) is 6.54 Å². The van der Waals surface area contributed by atoms with Crippen LogP contribution in [0.1, 0.15) is 5.69 Å². The normalized spacial score (nSPS) is 15.0. The van der Waals surface area contributed by atoms with Gasteiger partial charge in [-0.1, -0.05) is 11.6 Å². The molecule has 0 spiro atoms. The second-order valence-electron chi connectivity index (χ2n) is 5.59. The molecular weight excluding hydrogens is 456 g/mol. The Balaban J connectivity index is 0.00000225. The summed E-state index contributed by atoms with van der Waals surface area (Å²) in [7, 11) is 0. The number of benzene rings is 1. The van der Waals surface area contributed by atoms with E-state index in [4.69, 9.17) is 17.3 Å². The van der Waals surface area contributed by atoms with E-state index in [1.807, 2.05) is 24.3 Å². The van der Waals surface area contributed by atoms with Crippen molar-refractivity contribution in [2.24, 2.45) is 10.7 Å². The molecule has 1 aromatic heterocycles. The molecule has 0 saturated carbocycles. The van der Waals surface area contributed by atoms with Gasteiger partial charge in [0.1, 0.15) is 5.82 Å². The quantitative estimate of drug-likeness (QED) is 0.421. The Labute approximate surface area is 168 Å². The van der Waals surface area contributed by atoms with Crippen molar-refractivity contribution in [3.63, 3.8) is 0 Å². The van der Waals surface area contributed by atoms with Crippen LogP contribution in [0.5, 0.6) is 0 Å². The number of aliphatic imine (C=N–C) groups is 1. The lowest BCUT2D eigenvalue weighted by molar-refractivity contribution is 0.380. The van der Waals surface area contributed by atoms with Gasteiger partial charge in [-0.25, -0.2) is 9.38 Å². The summed E-state index contributed by atoms with van der Waals surface area (Å²) in [5, 5.41) is 0.739. The molecule has 0 amide bonds. The predicted octanol–water partition coefficient (Wildman–Crippen LogP) is 3.13. The van der Waals surface area contributed by atoms with E-state index in [2.05, 4.69) is 19.8 Å². The first-order valence-corrected chi connectivity index (χ1v) is 8.15. The molecule has 0 bridgehead atoms. The van der Waals surface area contributed by atoms with Crippen LogP contribution >= 0.6 is 35.6 Å². The van der Waals surface area contributed by atoms with E-state index in [0.29, 0.717) is 18.2 Å². The van der Waals surface area contributed by atoms with Gasteiger partial charge in [-0.3, -0.25) is 4.98 Å². The zero-order valence-electron chi connectivity index (χ0n) is 13.6. The molecule has 0 atom stereocenters. The third-order valence-corrected chi connectivity index (χ3v) is 4.24. The Kier molecular flexibility index (Phi) is 7.24. The molecule has 1 saturated heterocycles. The molecule has 2 N–H and O–H groups in total. The van der Waals surface area contributed by atoms with Gasteiger partial charge in [0.25, 0.3) is 0 Å². The number of rotatable bonds is 3. The van der Waals surface area contributed by atoms with Gasteiger partial charge in [-0.2, -0.15) is 0 Å². The number of anilines is 1. The maximum absolute atomic E-state index is 12.8. The Morgan fingerprint density at radius 3 is 2.40 bits per heavy atom. The molecule has 25 heavy (non-hydrogen) atoms. The molecule has 0 radical (unpaired) electrons. The van der Waals surface area contributed by atoms with Crippen molar-refractivity contribution in [3.05, 3.63) is 59.1 Å². The number of piperazine rings is 1. The first-order valence-electron chi connectivity index (χ1n) is 7.77.